The van der Waals surface area contributed by atoms with Crippen molar-refractivity contribution in [2.75, 3.05) is 7.11 Å². The van der Waals surface area contributed by atoms with E-state index in [1.807, 2.05) is 12.3 Å². The lowest BCUT2D eigenvalue weighted by molar-refractivity contribution is 0.173. The Morgan fingerprint density at radius 2 is 2.38 bits per heavy atom. The normalized spacial score (nSPS) is 10.0. The summed E-state index contributed by atoms with van der Waals surface area (Å²) >= 11 is 0. The fourth-order valence-electron chi connectivity index (χ4n) is 1.19. The van der Waals surface area contributed by atoms with Crippen molar-refractivity contribution in [3.63, 3.8) is 0 Å². The molecule has 3 heteroatoms. The monoisotopic (exact) mass is 181 g/mol. The molecule has 0 N–H and O–H groups in total. The molecule has 1 aromatic heterocycles. The second-order valence-corrected chi connectivity index (χ2v) is 3.00. The lowest BCUT2D eigenvalue weighted by Gasteiger charge is -1.97. The summed E-state index contributed by atoms with van der Waals surface area (Å²) in [7, 11) is 1.38. The van der Waals surface area contributed by atoms with Crippen molar-refractivity contribution < 1.29 is 9.53 Å². The number of aryl methyl sites for hydroxylation is 1. The van der Waals surface area contributed by atoms with Crippen LogP contribution in [0.1, 0.15) is 25.3 Å². The topological polar surface area (TPSA) is 31.2 Å². The molecule has 0 atom stereocenters. The van der Waals surface area contributed by atoms with Gasteiger partial charge in [-0.05, 0) is 24.5 Å². The number of methoxy groups -OCH3 is 1. The highest BCUT2D eigenvalue weighted by molar-refractivity contribution is 5.70. The Labute approximate surface area is 78.3 Å². The molecule has 0 aliphatic rings. The first kappa shape index (κ1) is 9.84. The molecule has 1 rings (SSSR count). The summed E-state index contributed by atoms with van der Waals surface area (Å²) in [6, 6.07) is 1.95. The van der Waals surface area contributed by atoms with Crippen LogP contribution in [-0.2, 0) is 11.2 Å². The van der Waals surface area contributed by atoms with Gasteiger partial charge in [-0.3, -0.25) is 4.57 Å². The van der Waals surface area contributed by atoms with Crippen molar-refractivity contribution in [1.29, 1.82) is 0 Å². The molecule has 0 fully saturated rings. The van der Waals surface area contributed by atoms with Gasteiger partial charge in [0.2, 0.25) is 0 Å². The van der Waals surface area contributed by atoms with Gasteiger partial charge >= 0.3 is 6.09 Å². The van der Waals surface area contributed by atoms with E-state index in [1.54, 1.807) is 6.20 Å². The van der Waals surface area contributed by atoms with E-state index in [-0.39, 0.29) is 6.09 Å². The molecule has 0 radical (unpaired) electrons. The van der Waals surface area contributed by atoms with Gasteiger partial charge in [0.25, 0.3) is 0 Å². The minimum absolute atomic E-state index is 0.331. The largest absolute Gasteiger partial charge is 0.452 e. The van der Waals surface area contributed by atoms with Crippen molar-refractivity contribution in [1.82, 2.24) is 4.57 Å². The van der Waals surface area contributed by atoms with Crippen LogP contribution in [0.25, 0.3) is 0 Å². The van der Waals surface area contributed by atoms with E-state index in [0.717, 1.165) is 12.8 Å². The molecule has 0 saturated heterocycles. The van der Waals surface area contributed by atoms with Crippen LogP contribution in [0.5, 0.6) is 0 Å². The van der Waals surface area contributed by atoms with Crippen molar-refractivity contribution in [3.8, 4) is 0 Å². The molecule has 0 aromatic carbocycles. The summed E-state index contributed by atoms with van der Waals surface area (Å²) in [5, 5.41) is 0. The van der Waals surface area contributed by atoms with E-state index in [4.69, 9.17) is 0 Å². The van der Waals surface area contributed by atoms with E-state index in [9.17, 15) is 4.79 Å². The van der Waals surface area contributed by atoms with Crippen LogP contribution in [-0.4, -0.2) is 17.8 Å². The van der Waals surface area contributed by atoms with E-state index >= 15 is 0 Å². The number of nitrogens with zero attached hydrogens (tertiary/aromatic N) is 1. The number of carbonyl (C=O) groups excluding carboxylic acids is 1. The summed E-state index contributed by atoms with van der Waals surface area (Å²) in [6.07, 6.45) is 6.58. The molecule has 1 aromatic rings. The summed E-state index contributed by atoms with van der Waals surface area (Å²) in [4.78, 5) is 11.0. The van der Waals surface area contributed by atoms with Gasteiger partial charge in [0.05, 0.1) is 7.11 Å². The number of aromatic nitrogens is 1. The Hall–Kier alpha value is -1.25. The minimum Gasteiger partial charge on any atom is -0.452 e. The van der Waals surface area contributed by atoms with Gasteiger partial charge in [-0.1, -0.05) is 13.3 Å². The molecule has 3 nitrogen and oxygen atoms in total. The van der Waals surface area contributed by atoms with Crippen LogP contribution in [0.2, 0.25) is 0 Å². The average molecular weight is 181 g/mol. The highest BCUT2D eigenvalue weighted by atomic mass is 16.5. The van der Waals surface area contributed by atoms with Crippen LogP contribution >= 0.6 is 0 Å². The Morgan fingerprint density at radius 1 is 1.62 bits per heavy atom. The van der Waals surface area contributed by atoms with E-state index < -0.39 is 0 Å². The predicted octanol–water partition coefficient (Wildman–Crippen LogP) is 2.45. The van der Waals surface area contributed by atoms with Crippen LogP contribution in [0.3, 0.4) is 0 Å². The van der Waals surface area contributed by atoms with Gasteiger partial charge in [-0.2, -0.15) is 0 Å². The summed E-state index contributed by atoms with van der Waals surface area (Å²) < 4.78 is 6.04. The fraction of sp³-hybridized carbons (Fsp3) is 0.500. The molecule has 0 spiro atoms. The summed E-state index contributed by atoms with van der Waals surface area (Å²) in [6.45, 7) is 2.15. The van der Waals surface area contributed by atoms with Gasteiger partial charge < -0.3 is 4.74 Å². The number of unbranched alkanes of at least 4 members (excludes halogenated alkanes) is 1. The van der Waals surface area contributed by atoms with Crippen LogP contribution in [0.4, 0.5) is 4.79 Å². The Bertz CT molecular complexity index is 278. The highest BCUT2D eigenvalue weighted by Gasteiger charge is 2.03. The van der Waals surface area contributed by atoms with Gasteiger partial charge in [0.15, 0.2) is 0 Å². The zero-order valence-electron chi connectivity index (χ0n) is 8.12. The van der Waals surface area contributed by atoms with Crippen molar-refractivity contribution in [2.24, 2.45) is 0 Å². The van der Waals surface area contributed by atoms with E-state index in [0.29, 0.717) is 0 Å². The Morgan fingerprint density at radius 3 is 3.00 bits per heavy atom. The number of rotatable bonds is 3. The van der Waals surface area contributed by atoms with Crippen LogP contribution in [0.15, 0.2) is 18.5 Å². The molecular weight excluding hydrogens is 166 g/mol. The maximum atomic E-state index is 11.0. The van der Waals surface area contributed by atoms with Gasteiger partial charge in [0.1, 0.15) is 0 Å². The summed E-state index contributed by atoms with van der Waals surface area (Å²) in [5.41, 5.74) is 1.19. The van der Waals surface area contributed by atoms with Crippen LogP contribution in [0, 0.1) is 0 Å². The Balaban J connectivity index is 2.58. The summed E-state index contributed by atoms with van der Waals surface area (Å²) in [5.74, 6) is 0. The van der Waals surface area contributed by atoms with Crippen LogP contribution < -0.4 is 0 Å². The third-order valence-corrected chi connectivity index (χ3v) is 1.96. The van der Waals surface area contributed by atoms with Crippen molar-refractivity contribution >= 4 is 6.09 Å². The van der Waals surface area contributed by atoms with Gasteiger partial charge in [-0.15, -0.1) is 0 Å². The Kier molecular flexibility index (Phi) is 3.55. The van der Waals surface area contributed by atoms with Gasteiger partial charge in [-0.25, -0.2) is 4.79 Å². The van der Waals surface area contributed by atoms with Gasteiger partial charge in [0, 0.05) is 12.4 Å². The molecule has 13 heavy (non-hydrogen) atoms. The number of hydrogen-bond acceptors (Lipinski definition) is 2. The first-order valence-corrected chi connectivity index (χ1v) is 4.53. The molecular formula is C10H15NO2. The van der Waals surface area contributed by atoms with Crippen molar-refractivity contribution in [3.05, 3.63) is 24.0 Å². The molecule has 0 aliphatic heterocycles. The zero-order chi connectivity index (χ0) is 9.68. The SMILES string of the molecule is CCCCc1ccn(C(=O)OC)c1. The highest BCUT2D eigenvalue weighted by Crippen LogP contribution is 2.06. The lowest BCUT2D eigenvalue weighted by Crippen LogP contribution is -2.08. The molecule has 1 heterocycles. The second kappa shape index (κ2) is 4.70. The first-order valence-electron chi connectivity index (χ1n) is 4.53. The zero-order valence-corrected chi connectivity index (χ0v) is 8.12. The molecule has 0 bridgehead atoms. The maximum Gasteiger partial charge on any atom is 0.417 e. The fourth-order valence-corrected chi connectivity index (χ4v) is 1.19. The smallest absolute Gasteiger partial charge is 0.417 e. The predicted molar refractivity (Wildman–Crippen MR) is 50.8 cm³/mol. The lowest BCUT2D eigenvalue weighted by atomic mass is 10.2. The average Bonchev–Trinajstić information content (AvgIpc) is 2.62. The molecule has 0 amide bonds. The third kappa shape index (κ3) is 2.61. The number of carbonyl (C=O) groups is 1. The molecule has 72 valence electrons. The molecule has 0 saturated carbocycles. The first-order chi connectivity index (χ1) is 6.27. The molecule has 0 unspecified atom stereocenters. The standard InChI is InChI=1S/C10H15NO2/c1-3-4-5-9-6-7-11(8-9)10(12)13-2/h6-8H,3-5H2,1-2H3. The number of hydrogen-bond donors (Lipinski definition) is 0. The van der Waals surface area contributed by atoms with E-state index in [2.05, 4.69) is 11.7 Å². The van der Waals surface area contributed by atoms with E-state index in [1.165, 1.54) is 23.7 Å². The molecule has 0 aliphatic carbocycles. The maximum absolute atomic E-state index is 11.0. The minimum atomic E-state index is -0.331. The quantitative estimate of drug-likeness (QED) is 0.717. The van der Waals surface area contributed by atoms with Crippen molar-refractivity contribution in [2.45, 2.75) is 26.2 Å². The number of ether oxygens (including phenoxy) is 1. The third-order valence-electron chi connectivity index (χ3n) is 1.96. The second-order valence-electron chi connectivity index (χ2n) is 3.00.